The lowest BCUT2D eigenvalue weighted by molar-refractivity contribution is 0.321. The van der Waals surface area contributed by atoms with E-state index in [1.165, 1.54) is 0 Å². The number of anilines is 1. The summed E-state index contributed by atoms with van der Waals surface area (Å²) in [5.74, 6) is 6.57. The zero-order valence-electron chi connectivity index (χ0n) is 8.29. The highest BCUT2D eigenvalue weighted by molar-refractivity contribution is 5.39. The van der Waals surface area contributed by atoms with Gasteiger partial charge in [0.2, 0.25) is 0 Å². The Balaban J connectivity index is 2.46. The van der Waals surface area contributed by atoms with Crippen LogP contribution in [-0.4, -0.2) is 11.6 Å². The van der Waals surface area contributed by atoms with Gasteiger partial charge in [0.1, 0.15) is 11.6 Å². The van der Waals surface area contributed by atoms with Gasteiger partial charge in [0, 0.05) is 18.7 Å². The van der Waals surface area contributed by atoms with Gasteiger partial charge in [-0.1, -0.05) is 5.57 Å². The molecule has 76 valence electrons. The van der Waals surface area contributed by atoms with Crippen LogP contribution in [0.25, 0.3) is 0 Å². The maximum Gasteiger partial charge on any atom is 0.143 e. The molecule has 1 aromatic rings. The number of nitrogens with one attached hydrogen (secondary N) is 1. The third-order valence-corrected chi connectivity index (χ3v) is 1.68. The van der Waals surface area contributed by atoms with Crippen LogP contribution in [0.3, 0.4) is 0 Å². The van der Waals surface area contributed by atoms with Crippen molar-refractivity contribution in [3.05, 3.63) is 30.5 Å². The molecule has 0 radical (unpaired) electrons. The number of aromatic nitrogens is 1. The van der Waals surface area contributed by atoms with E-state index in [4.69, 9.17) is 10.6 Å². The van der Waals surface area contributed by atoms with Crippen molar-refractivity contribution in [2.24, 2.45) is 5.84 Å². The fourth-order valence-corrected chi connectivity index (χ4v) is 0.923. The second-order valence-electron chi connectivity index (χ2n) is 3.08. The van der Waals surface area contributed by atoms with Crippen molar-refractivity contribution in [3.8, 4) is 5.75 Å². The zero-order chi connectivity index (χ0) is 10.4. The van der Waals surface area contributed by atoms with Crippen molar-refractivity contribution < 1.29 is 4.74 Å². The van der Waals surface area contributed by atoms with Crippen LogP contribution in [0.2, 0.25) is 0 Å². The van der Waals surface area contributed by atoms with Crippen LogP contribution in [0.15, 0.2) is 30.5 Å². The Kier molecular flexibility index (Phi) is 3.94. The first-order chi connectivity index (χ1) is 6.72. The highest BCUT2D eigenvalue weighted by Crippen LogP contribution is 2.14. The summed E-state index contributed by atoms with van der Waals surface area (Å²) in [6.07, 6.45) is 2.50. The normalized spacial score (nSPS) is 9.57. The van der Waals surface area contributed by atoms with E-state index in [2.05, 4.69) is 17.0 Å². The summed E-state index contributed by atoms with van der Waals surface area (Å²) in [6.45, 7) is 6.40. The smallest absolute Gasteiger partial charge is 0.143 e. The van der Waals surface area contributed by atoms with E-state index in [1.807, 2.05) is 6.92 Å². The average molecular weight is 193 g/mol. The van der Waals surface area contributed by atoms with Crippen LogP contribution >= 0.6 is 0 Å². The number of ether oxygens (including phenoxy) is 1. The van der Waals surface area contributed by atoms with Crippen molar-refractivity contribution in [2.45, 2.75) is 13.3 Å². The van der Waals surface area contributed by atoms with Crippen molar-refractivity contribution in [3.63, 3.8) is 0 Å². The lowest BCUT2D eigenvalue weighted by Gasteiger charge is -2.06. The molecular formula is C10H15N3O. The number of nitrogens with two attached hydrogens (primary N) is 1. The summed E-state index contributed by atoms with van der Waals surface area (Å²) in [5, 5.41) is 0. The lowest BCUT2D eigenvalue weighted by Crippen LogP contribution is -2.08. The van der Waals surface area contributed by atoms with Crippen LogP contribution in [-0.2, 0) is 0 Å². The summed E-state index contributed by atoms with van der Waals surface area (Å²) in [5.41, 5.74) is 3.57. The molecule has 0 unspecified atom stereocenters. The SMILES string of the molecule is C=C(C)CCOc1ccnc(NN)c1. The van der Waals surface area contributed by atoms with Crippen LogP contribution < -0.4 is 16.0 Å². The number of nitrogen functional groups attached to an aromatic ring is 1. The van der Waals surface area contributed by atoms with Gasteiger partial charge in [-0.3, -0.25) is 0 Å². The van der Waals surface area contributed by atoms with Gasteiger partial charge in [0.15, 0.2) is 0 Å². The van der Waals surface area contributed by atoms with Gasteiger partial charge in [-0.25, -0.2) is 10.8 Å². The maximum atomic E-state index is 5.46. The molecule has 0 aliphatic carbocycles. The Bertz CT molecular complexity index is 312. The largest absolute Gasteiger partial charge is 0.493 e. The third kappa shape index (κ3) is 3.45. The molecule has 1 heterocycles. The van der Waals surface area contributed by atoms with E-state index < -0.39 is 0 Å². The quantitative estimate of drug-likeness (QED) is 0.424. The second kappa shape index (κ2) is 5.24. The molecule has 4 heteroatoms. The van der Waals surface area contributed by atoms with Gasteiger partial charge in [-0.05, 0) is 13.0 Å². The minimum Gasteiger partial charge on any atom is -0.493 e. The minimum absolute atomic E-state index is 0.595. The van der Waals surface area contributed by atoms with Gasteiger partial charge in [-0.2, -0.15) is 0 Å². The molecule has 0 bridgehead atoms. The number of hydrogen-bond acceptors (Lipinski definition) is 4. The highest BCUT2D eigenvalue weighted by atomic mass is 16.5. The molecular weight excluding hydrogens is 178 g/mol. The first-order valence-corrected chi connectivity index (χ1v) is 4.42. The second-order valence-corrected chi connectivity index (χ2v) is 3.08. The predicted octanol–water partition coefficient (Wildman–Crippen LogP) is 1.71. The van der Waals surface area contributed by atoms with Crippen molar-refractivity contribution in [2.75, 3.05) is 12.0 Å². The van der Waals surface area contributed by atoms with E-state index in [0.717, 1.165) is 17.7 Å². The monoisotopic (exact) mass is 193 g/mol. The summed E-state index contributed by atoms with van der Waals surface area (Å²) in [4.78, 5) is 3.97. The van der Waals surface area contributed by atoms with Gasteiger partial charge < -0.3 is 10.2 Å². The Morgan fingerprint density at radius 2 is 2.50 bits per heavy atom. The van der Waals surface area contributed by atoms with Gasteiger partial charge >= 0.3 is 0 Å². The summed E-state index contributed by atoms with van der Waals surface area (Å²) < 4.78 is 5.46. The summed E-state index contributed by atoms with van der Waals surface area (Å²) in [7, 11) is 0. The topological polar surface area (TPSA) is 60.2 Å². The molecule has 4 nitrogen and oxygen atoms in total. The highest BCUT2D eigenvalue weighted by Gasteiger charge is 1.96. The van der Waals surface area contributed by atoms with E-state index >= 15 is 0 Å². The Hall–Kier alpha value is -1.55. The standard InChI is InChI=1S/C10H15N3O/c1-8(2)4-6-14-9-3-5-12-10(7-9)13-11/h3,5,7H,1,4,6,11H2,2H3,(H,12,13). The molecule has 0 atom stereocenters. The first-order valence-electron chi connectivity index (χ1n) is 4.42. The predicted molar refractivity (Wildman–Crippen MR) is 57.0 cm³/mol. The Morgan fingerprint density at radius 3 is 3.14 bits per heavy atom. The van der Waals surface area contributed by atoms with E-state index in [-0.39, 0.29) is 0 Å². The molecule has 3 N–H and O–H groups in total. The van der Waals surface area contributed by atoms with Crippen LogP contribution in [0.5, 0.6) is 5.75 Å². The van der Waals surface area contributed by atoms with Crippen LogP contribution in [0.4, 0.5) is 5.82 Å². The molecule has 0 spiro atoms. The van der Waals surface area contributed by atoms with Crippen molar-refractivity contribution in [1.82, 2.24) is 4.98 Å². The number of hydrogen-bond donors (Lipinski definition) is 2. The average Bonchev–Trinajstić information content (AvgIpc) is 2.18. The van der Waals surface area contributed by atoms with Crippen LogP contribution in [0, 0.1) is 0 Å². The van der Waals surface area contributed by atoms with Crippen molar-refractivity contribution >= 4 is 5.82 Å². The third-order valence-electron chi connectivity index (χ3n) is 1.68. The number of nitrogens with zero attached hydrogens (tertiary/aromatic N) is 1. The fraction of sp³-hybridized carbons (Fsp3) is 0.300. The van der Waals surface area contributed by atoms with Gasteiger partial charge in [-0.15, -0.1) is 6.58 Å². The molecule has 0 aliphatic rings. The number of hydrazine groups is 1. The molecule has 1 rings (SSSR count). The van der Waals surface area contributed by atoms with E-state index in [1.54, 1.807) is 18.3 Å². The molecule has 0 fully saturated rings. The van der Waals surface area contributed by atoms with E-state index in [0.29, 0.717) is 12.4 Å². The molecule has 0 aliphatic heterocycles. The number of rotatable bonds is 5. The Morgan fingerprint density at radius 1 is 1.71 bits per heavy atom. The lowest BCUT2D eigenvalue weighted by atomic mass is 10.3. The molecule has 0 saturated heterocycles. The Labute approximate surface area is 83.8 Å². The molecule has 1 aromatic heterocycles. The van der Waals surface area contributed by atoms with E-state index in [9.17, 15) is 0 Å². The molecule has 0 saturated carbocycles. The van der Waals surface area contributed by atoms with Crippen molar-refractivity contribution in [1.29, 1.82) is 0 Å². The number of pyridine rings is 1. The molecule has 14 heavy (non-hydrogen) atoms. The van der Waals surface area contributed by atoms with Gasteiger partial charge in [0.05, 0.1) is 6.61 Å². The fourth-order valence-electron chi connectivity index (χ4n) is 0.923. The van der Waals surface area contributed by atoms with Crippen LogP contribution in [0.1, 0.15) is 13.3 Å². The maximum absolute atomic E-state index is 5.46. The zero-order valence-corrected chi connectivity index (χ0v) is 8.29. The molecule has 0 amide bonds. The van der Waals surface area contributed by atoms with Gasteiger partial charge in [0.25, 0.3) is 0 Å². The molecule has 0 aromatic carbocycles. The first kappa shape index (κ1) is 10.5. The summed E-state index contributed by atoms with van der Waals surface area (Å²) in [6, 6.07) is 3.54. The minimum atomic E-state index is 0.595. The summed E-state index contributed by atoms with van der Waals surface area (Å²) >= 11 is 0.